The lowest BCUT2D eigenvalue weighted by Gasteiger charge is -2.35. The molecular weight excluding hydrogens is 438 g/mol. The SMILES string of the molecule is O=C(Cn1c(=O)oc2ccccc21)N1CCN(c2ccc(-c3ccc4c(c3)OCO4)nn2)CC1. The van der Waals surface area contributed by atoms with E-state index in [1.165, 1.54) is 4.57 Å². The number of nitrogens with zero attached hydrogens (tertiary/aromatic N) is 5. The fourth-order valence-electron chi connectivity index (χ4n) is 4.29. The molecule has 0 N–H and O–H groups in total. The van der Waals surface area contributed by atoms with Crippen LogP contribution in [0.25, 0.3) is 22.4 Å². The number of aromatic nitrogens is 3. The number of benzene rings is 2. The molecule has 1 fully saturated rings. The number of fused-ring (bicyclic) bond motifs is 2. The molecule has 0 saturated carbocycles. The third-order valence-electron chi connectivity index (χ3n) is 6.14. The third kappa shape index (κ3) is 3.62. The quantitative estimate of drug-likeness (QED) is 0.457. The Morgan fingerprint density at radius 3 is 2.56 bits per heavy atom. The lowest BCUT2D eigenvalue weighted by Crippen LogP contribution is -2.50. The summed E-state index contributed by atoms with van der Waals surface area (Å²) in [6.07, 6.45) is 0. The zero-order chi connectivity index (χ0) is 23.1. The average molecular weight is 459 g/mol. The van der Waals surface area contributed by atoms with Crippen molar-refractivity contribution in [2.45, 2.75) is 6.54 Å². The highest BCUT2D eigenvalue weighted by atomic mass is 16.7. The smallest absolute Gasteiger partial charge is 0.420 e. The van der Waals surface area contributed by atoms with Crippen LogP contribution >= 0.6 is 0 Å². The van der Waals surface area contributed by atoms with Gasteiger partial charge in [0.25, 0.3) is 0 Å². The van der Waals surface area contributed by atoms with Crippen LogP contribution in [-0.2, 0) is 11.3 Å². The Morgan fingerprint density at radius 2 is 1.74 bits per heavy atom. The van der Waals surface area contributed by atoms with Crippen LogP contribution in [0.15, 0.2) is 63.8 Å². The Bertz CT molecular complexity index is 1420. The number of ether oxygens (including phenoxy) is 2. The van der Waals surface area contributed by atoms with Gasteiger partial charge in [0.15, 0.2) is 22.9 Å². The first-order valence-corrected chi connectivity index (χ1v) is 11.0. The Labute approximate surface area is 193 Å². The van der Waals surface area contributed by atoms with Crippen molar-refractivity contribution in [1.82, 2.24) is 19.7 Å². The van der Waals surface area contributed by atoms with Crippen molar-refractivity contribution in [3.63, 3.8) is 0 Å². The number of carbonyl (C=O) groups excluding carboxylic acids is 1. The second-order valence-electron chi connectivity index (χ2n) is 8.13. The fraction of sp³-hybridized carbons (Fsp3) is 0.250. The van der Waals surface area contributed by atoms with Crippen LogP contribution in [0.5, 0.6) is 11.5 Å². The Morgan fingerprint density at radius 1 is 0.912 bits per heavy atom. The largest absolute Gasteiger partial charge is 0.454 e. The van der Waals surface area contributed by atoms with Gasteiger partial charge in [0.2, 0.25) is 12.7 Å². The highest BCUT2D eigenvalue weighted by molar-refractivity contribution is 5.80. The van der Waals surface area contributed by atoms with E-state index in [9.17, 15) is 9.59 Å². The second-order valence-corrected chi connectivity index (χ2v) is 8.13. The van der Waals surface area contributed by atoms with Gasteiger partial charge < -0.3 is 23.7 Å². The topological polar surface area (TPSA) is 103 Å². The maximum Gasteiger partial charge on any atom is 0.420 e. The van der Waals surface area contributed by atoms with Crippen molar-refractivity contribution in [2.75, 3.05) is 37.9 Å². The molecule has 1 amide bonds. The summed E-state index contributed by atoms with van der Waals surface area (Å²) in [5, 5.41) is 8.77. The van der Waals surface area contributed by atoms with Crippen molar-refractivity contribution in [1.29, 1.82) is 0 Å². The molecule has 2 aromatic carbocycles. The molecule has 2 aliphatic rings. The average Bonchev–Trinajstić information content (AvgIpc) is 3.48. The maximum absolute atomic E-state index is 12.8. The number of piperazine rings is 1. The van der Waals surface area contributed by atoms with E-state index in [-0.39, 0.29) is 19.2 Å². The molecule has 4 aromatic rings. The summed E-state index contributed by atoms with van der Waals surface area (Å²) >= 11 is 0. The number of hydrogen-bond acceptors (Lipinski definition) is 8. The van der Waals surface area contributed by atoms with Gasteiger partial charge in [0.1, 0.15) is 6.54 Å². The summed E-state index contributed by atoms with van der Waals surface area (Å²) in [6, 6.07) is 16.6. The lowest BCUT2D eigenvalue weighted by atomic mass is 10.1. The molecule has 10 heteroatoms. The normalized spacial score (nSPS) is 15.2. The van der Waals surface area contributed by atoms with Crippen molar-refractivity contribution in [3.05, 3.63) is 65.1 Å². The summed E-state index contributed by atoms with van der Waals surface area (Å²) in [6.45, 7) is 2.52. The van der Waals surface area contributed by atoms with E-state index in [0.717, 1.165) is 22.8 Å². The number of oxazole rings is 1. The first-order chi connectivity index (χ1) is 16.7. The minimum absolute atomic E-state index is 0.0418. The molecule has 0 radical (unpaired) electrons. The first-order valence-electron chi connectivity index (χ1n) is 11.0. The molecule has 2 aromatic heterocycles. The Balaban J connectivity index is 1.10. The van der Waals surface area contributed by atoms with Crippen LogP contribution in [0.2, 0.25) is 0 Å². The molecular formula is C24H21N5O5. The number of hydrogen-bond donors (Lipinski definition) is 0. The van der Waals surface area contributed by atoms with Crippen molar-refractivity contribution < 1.29 is 18.7 Å². The molecule has 6 rings (SSSR count). The molecule has 0 atom stereocenters. The molecule has 172 valence electrons. The first kappa shape index (κ1) is 20.3. The zero-order valence-corrected chi connectivity index (χ0v) is 18.2. The molecule has 4 heterocycles. The van der Waals surface area contributed by atoms with E-state index in [2.05, 4.69) is 15.1 Å². The van der Waals surface area contributed by atoms with Gasteiger partial charge >= 0.3 is 5.76 Å². The van der Waals surface area contributed by atoms with Gasteiger partial charge in [-0.1, -0.05) is 12.1 Å². The van der Waals surface area contributed by atoms with E-state index in [1.807, 2.05) is 36.4 Å². The Hall–Kier alpha value is -4.34. The molecule has 1 saturated heterocycles. The van der Waals surface area contributed by atoms with Gasteiger partial charge in [-0.25, -0.2) is 4.79 Å². The van der Waals surface area contributed by atoms with Gasteiger partial charge in [-0.3, -0.25) is 9.36 Å². The van der Waals surface area contributed by atoms with Crippen LogP contribution in [0.4, 0.5) is 5.82 Å². The predicted octanol–water partition coefficient (Wildman–Crippen LogP) is 2.13. The molecule has 0 unspecified atom stereocenters. The number of amides is 1. The van der Waals surface area contributed by atoms with Crippen LogP contribution < -0.4 is 20.1 Å². The van der Waals surface area contributed by atoms with E-state index in [4.69, 9.17) is 13.9 Å². The molecule has 0 spiro atoms. The predicted molar refractivity (Wildman–Crippen MR) is 123 cm³/mol. The second kappa shape index (κ2) is 8.22. The fourth-order valence-corrected chi connectivity index (χ4v) is 4.29. The van der Waals surface area contributed by atoms with Crippen LogP contribution in [-0.4, -0.2) is 58.5 Å². The van der Waals surface area contributed by atoms with E-state index in [1.54, 1.807) is 23.1 Å². The van der Waals surface area contributed by atoms with Gasteiger partial charge in [-0.15, -0.1) is 10.2 Å². The van der Waals surface area contributed by atoms with Crippen LogP contribution in [0.1, 0.15) is 0 Å². The summed E-state index contributed by atoms with van der Waals surface area (Å²) < 4.78 is 17.4. The molecule has 0 aliphatic carbocycles. The molecule has 34 heavy (non-hydrogen) atoms. The van der Waals surface area contributed by atoms with E-state index in [0.29, 0.717) is 43.0 Å². The van der Waals surface area contributed by atoms with Crippen molar-refractivity contribution in [2.24, 2.45) is 0 Å². The minimum atomic E-state index is -0.522. The Kier molecular flexibility index (Phi) is 4.90. The van der Waals surface area contributed by atoms with Gasteiger partial charge in [0.05, 0.1) is 11.2 Å². The lowest BCUT2D eigenvalue weighted by molar-refractivity contribution is -0.132. The molecule has 0 bridgehead atoms. The maximum atomic E-state index is 12.8. The van der Waals surface area contributed by atoms with Gasteiger partial charge in [0, 0.05) is 31.7 Å². The van der Waals surface area contributed by atoms with Crippen LogP contribution in [0.3, 0.4) is 0 Å². The summed E-state index contributed by atoms with van der Waals surface area (Å²) in [5.74, 6) is 1.55. The van der Waals surface area contributed by atoms with E-state index < -0.39 is 5.76 Å². The number of rotatable bonds is 4. The zero-order valence-electron chi connectivity index (χ0n) is 18.2. The summed E-state index contributed by atoms with van der Waals surface area (Å²) in [7, 11) is 0. The minimum Gasteiger partial charge on any atom is -0.454 e. The van der Waals surface area contributed by atoms with Crippen LogP contribution in [0, 0.1) is 0 Å². The summed E-state index contributed by atoms with van der Waals surface area (Å²) in [5.41, 5.74) is 2.75. The number of carbonyl (C=O) groups is 1. The summed E-state index contributed by atoms with van der Waals surface area (Å²) in [4.78, 5) is 28.9. The van der Waals surface area contributed by atoms with Crippen molar-refractivity contribution >= 4 is 22.8 Å². The van der Waals surface area contributed by atoms with Gasteiger partial charge in [-0.05, 0) is 42.5 Å². The standard InChI is InChI=1S/C24H21N5O5/c30-23(14-29-18-3-1-2-4-19(18)34-24(29)31)28-11-9-27(10-12-28)22-8-6-17(25-26-22)16-5-7-20-21(13-16)33-15-32-20/h1-8,13H,9-12,14-15H2. The highest BCUT2D eigenvalue weighted by Gasteiger charge is 2.24. The molecule has 10 nitrogen and oxygen atoms in total. The molecule has 2 aliphatic heterocycles. The van der Waals surface area contributed by atoms with Gasteiger partial charge in [-0.2, -0.15) is 0 Å². The number of para-hydroxylation sites is 2. The van der Waals surface area contributed by atoms with E-state index >= 15 is 0 Å². The third-order valence-corrected chi connectivity index (χ3v) is 6.14. The monoisotopic (exact) mass is 459 g/mol. The highest BCUT2D eigenvalue weighted by Crippen LogP contribution is 2.35. The number of anilines is 1. The van der Waals surface area contributed by atoms with Crippen molar-refractivity contribution in [3.8, 4) is 22.8 Å².